The smallest absolute Gasteiger partial charge is 0.261 e. The maximum Gasteiger partial charge on any atom is 0.261 e. The Bertz CT molecular complexity index is 1240. The van der Waals surface area contributed by atoms with E-state index < -0.39 is 15.9 Å². The summed E-state index contributed by atoms with van der Waals surface area (Å²) < 4.78 is 25.2. The number of carbonyl (C=O) groups is 1. The van der Waals surface area contributed by atoms with Crippen molar-refractivity contribution in [3.05, 3.63) is 70.2 Å². The zero-order valence-electron chi connectivity index (χ0n) is 15.4. The third kappa shape index (κ3) is 4.04. The predicted molar refractivity (Wildman–Crippen MR) is 112 cm³/mol. The minimum Gasteiger partial charge on any atom is -0.307 e. The molecule has 0 spiro atoms. The highest BCUT2D eigenvalue weighted by molar-refractivity contribution is 7.91. The van der Waals surface area contributed by atoms with Gasteiger partial charge in [0.25, 0.3) is 5.56 Å². The van der Waals surface area contributed by atoms with Crippen LogP contribution in [0.1, 0.15) is 6.42 Å². The number of fused-ring (bicyclic) bond motifs is 1. The quantitative estimate of drug-likeness (QED) is 0.632. The van der Waals surface area contributed by atoms with Gasteiger partial charge in [0.2, 0.25) is 5.91 Å². The van der Waals surface area contributed by atoms with Crippen LogP contribution >= 0.6 is 11.6 Å². The Kier molecular flexibility index (Phi) is 5.14. The van der Waals surface area contributed by atoms with Crippen LogP contribution in [0.25, 0.3) is 10.9 Å². The van der Waals surface area contributed by atoms with E-state index in [9.17, 15) is 18.0 Å². The lowest BCUT2D eigenvalue weighted by Gasteiger charge is -2.28. The molecule has 2 aromatic carbocycles. The second-order valence-electron chi connectivity index (χ2n) is 7.00. The van der Waals surface area contributed by atoms with Crippen LogP contribution in [0.3, 0.4) is 0 Å². The van der Waals surface area contributed by atoms with E-state index in [2.05, 4.69) is 4.98 Å². The monoisotopic (exact) mass is 431 g/mol. The SMILES string of the molecule is O=C(Cn1cnc2ccc(Cl)cc2c1=O)N(c1ccccc1)C1CCS(=O)(=O)C1. The number of amides is 1. The van der Waals surface area contributed by atoms with Crippen molar-refractivity contribution in [2.45, 2.75) is 19.0 Å². The molecule has 1 unspecified atom stereocenters. The first-order valence-corrected chi connectivity index (χ1v) is 11.3. The summed E-state index contributed by atoms with van der Waals surface area (Å²) in [6.45, 7) is -0.250. The first-order valence-electron chi connectivity index (χ1n) is 9.06. The zero-order chi connectivity index (χ0) is 20.6. The number of anilines is 1. The van der Waals surface area contributed by atoms with Crippen LogP contribution in [0.2, 0.25) is 5.02 Å². The van der Waals surface area contributed by atoms with Crippen LogP contribution in [-0.2, 0) is 21.2 Å². The molecule has 1 aromatic heterocycles. The lowest BCUT2D eigenvalue weighted by molar-refractivity contribution is -0.119. The van der Waals surface area contributed by atoms with Crippen LogP contribution in [0.5, 0.6) is 0 Å². The number of carbonyl (C=O) groups excluding carboxylic acids is 1. The second-order valence-corrected chi connectivity index (χ2v) is 9.66. The van der Waals surface area contributed by atoms with Crippen LogP contribution in [0.15, 0.2) is 59.7 Å². The molecule has 1 saturated heterocycles. The minimum atomic E-state index is -3.19. The largest absolute Gasteiger partial charge is 0.307 e. The van der Waals surface area contributed by atoms with Crippen molar-refractivity contribution in [3.8, 4) is 0 Å². The number of nitrogens with zero attached hydrogens (tertiary/aromatic N) is 3. The van der Waals surface area contributed by atoms with Gasteiger partial charge in [-0.3, -0.25) is 14.2 Å². The van der Waals surface area contributed by atoms with Crippen molar-refractivity contribution in [1.29, 1.82) is 0 Å². The molecular weight excluding hydrogens is 414 g/mol. The molecule has 2 heterocycles. The van der Waals surface area contributed by atoms with Gasteiger partial charge in [-0.2, -0.15) is 0 Å². The van der Waals surface area contributed by atoms with E-state index >= 15 is 0 Å². The Balaban J connectivity index is 1.69. The maximum absolute atomic E-state index is 13.2. The predicted octanol–water partition coefficient (Wildman–Crippen LogP) is 2.27. The molecule has 0 N–H and O–H groups in total. The fourth-order valence-electron chi connectivity index (χ4n) is 3.59. The highest BCUT2D eigenvalue weighted by Crippen LogP contribution is 2.25. The molecular formula is C20H18ClN3O4S. The lowest BCUT2D eigenvalue weighted by Crippen LogP contribution is -2.44. The van der Waals surface area contributed by atoms with Gasteiger partial charge >= 0.3 is 0 Å². The highest BCUT2D eigenvalue weighted by atomic mass is 35.5. The number of sulfone groups is 1. The molecule has 7 nitrogen and oxygen atoms in total. The van der Waals surface area contributed by atoms with Gasteiger partial charge in [0.1, 0.15) is 6.54 Å². The number of hydrogen-bond donors (Lipinski definition) is 0. The molecule has 0 bridgehead atoms. The average molecular weight is 432 g/mol. The molecule has 29 heavy (non-hydrogen) atoms. The minimum absolute atomic E-state index is 0.0459. The van der Waals surface area contributed by atoms with E-state index in [1.54, 1.807) is 36.4 Å². The summed E-state index contributed by atoms with van der Waals surface area (Å²) in [5.41, 5.74) is 0.715. The Morgan fingerprint density at radius 3 is 2.66 bits per heavy atom. The molecule has 4 rings (SSSR count). The number of benzene rings is 2. The van der Waals surface area contributed by atoms with E-state index in [0.29, 0.717) is 28.0 Å². The molecule has 1 aliphatic rings. The molecule has 1 fully saturated rings. The molecule has 1 aliphatic heterocycles. The molecule has 150 valence electrons. The average Bonchev–Trinajstić information content (AvgIpc) is 3.05. The molecule has 1 amide bonds. The Labute approximate surface area is 172 Å². The maximum atomic E-state index is 13.2. The highest BCUT2D eigenvalue weighted by Gasteiger charge is 2.35. The Morgan fingerprint density at radius 2 is 1.97 bits per heavy atom. The third-order valence-corrected chi connectivity index (χ3v) is 6.95. The van der Waals surface area contributed by atoms with Gasteiger partial charge in [0, 0.05) is 10.7 Å². The van der Waals surface area contributed by atoms with E-state index in [1.807, 2.05) is 6.07 Å². The van der Waals surface area contributed by atoms with Crippen molar-refractivity contribution >= 4 is 43.9 Å². The van der Waals surface area contributed by atoms with E-state index in [-0.39, 0.29) is 29.5 Å². The van der Waals surface area contributed by atoms with Crippen LogP contribution in [0, 0.1) is 0 Å². The summed E-state index contributed by atoms with van der Waals surface area (Å²) in [5.74, 6) is -0.415. The van der Waals surface area contributed by atoms with Gasteiger partial charge in [0.15, 0.2) is 9.84 Å². The van der Waals surface area contributed by atoms with Crippen molar-refractivity contribution < 1.29 is 13.2 Å². The van der Waals surface area contributed by atoms with Gasteiger partial charge in [-0.05, 0) is 36.8 Å². The lowest BCUT2D eigenvalue weighted by atomic mass is 10.1. The van der Waals surface area contributed by atoms with Gasteiger partial charge in [-0.1, -0.05) is 29.8 Å². The zero-order valence-corrected chi connectivity index (χ0v) is 16.9. The number of hydrogen-bond acceptors (Lipinski definition) is 5. The fraction of sp³-hybridized carbons (Fsp3) is 0.250. The number of aromatic nitrogens is 2. The van der Waals surface area contributed by atoms with Gasteiger partial charge in [-0.25, -0.2) is 13.4 Å². The number of rotatable bonds is 4. The molecule has 0 saturated carbocycles. The van der Waals surface area contributed by atoms with Gasteiger partial charge < -0.3 is 4.90 Å². The first kappa shape index (κ1) is 19.6. The molecule has 0 aliphatic carbocycles. The molecule has 1 atom stereocenters. The standard InChI is InChI=1S/C20H18ClN3O4S/c21-14-6-7-18-17(10-14)20(26)23(13-22-18)11-19(25)24(15-4-2-1-3-5-15)16-8-9-29(27,28)12-16/h1-7,10,13,16H,8-9,11-12H2. The molecule has 3 aromatic rings. The molecule has 0 radical (unpaired) electrons. The summed E-state index contributed by atoms with van der Waals surface area (Å²) in [5, 5.41) is 0.727. The number of halogens is 1. The fourth-order valence-corrected chi connectivity index (χ4v) is 5.46. The summed E-state index contributed by atoms with van der Waals surface area (Å²) in [4.78, 5) is 31.7. The summed E-state index contributed by atoms with van der Waals surface area (Å²) in [7, 11) is -3.19. The van der Waals surface area contributed by atoms with Crippen molar-refractivity contribution in [2.24, 2.45) is 0 Å². The van der Waals surface area contributed by atoms with Crippen molar-refractivity contribution in [2.75, 3.05) is 16.4 Å². The second kappa shape index (κ2) is 7.61. The molecule has 9 heteroatoms. The topological polar surface area (TPSA) is 89.3 Å². The van der Waals surface area contributed by atoms with Gasteiger partial charge in [0.05, 0.1) is 34.8 Å². The Morgan fingerprint density at radius 1 is 1.21 bits per heavy atom. The third-order valence-electron chi connectivity index (χ3n) is 4.97. The summed E-state index contributed by atoms with van der Waals surface area (Å²) >= 11 is 5.98. The van der Waals surface area contributed by atoms with Crippen LogP contribution < -0.4 is 10.5 Å². The first-order chi connectivity index (χ1) is 13.8. The Hall–Kier alpha value is -2.71. The van der Waals surface area contributed by atoms with E-state index in [1.165, 1.54) is 21.9 Å². The summed E-state index contributed by atoms with van der Waals surface area (Å²) in [6, 6.07) is 13.2. The normalized spacial score (nSPS) is 18.0. The van der Waals surface area contributed by atoms with E-state index in [0.717, 1.165) is 0 Å². The van der Waals surface area contributed by atoms with Crippen LogP contribution in [0.4, 0.5) is 5.69 Å². The summed E-state index contributed by atoms with van der Waals surface area (Å²) in [6.07, 6.45) is 1.69. The van der Waals surface area contributed by atoms with E-state index in [4.69, 9.17) is 11.6 Å². The van der Waals surface area contributed by atoms with Crippen LogP contribution in [-0.4, -0.2) is 41.4 Å². The van der Waals surface area contributed by atoms with Crippen molar-refractivity contribution in [3.63, 3.8) is 0 Å². The van der Waals surface area contributed by atoms with Gasteiger partial charge in [-0.15, -0.1) is 0 Å². The number of para-hydroxylation sites is 1. The van der Waals surface area contributed by atoms with Crippen molar-refractivity contribution in [1.82, 2.24) is 9.55 Å².